The van der Waals surface area contributed by atoms with Gasteiger partial charge >= 0.3 is 0 Å². The molecule has 2 aromatic rings. The maximum absolute atomic E-state index is 12.3. The second kappa shape index (κ2) is 9.37. The highest BCUT2D eigenvalue weighted by molar-refractivity contribution is 7.11. The van der Waals surface area contributed by atoms with Crippen molar-refractivity contribution < 1.29 is 19.4 Å². The summed E-state index contributed by atoms with van der Waals surface area (Å²) in [6.07, 6.45) is 1.64. The third kappa shape index (κ3) is 5.55. The maximum Gasteiger partial charge on any atom is 0.241 e. The normalized spacial score (nSPS) is 19.5. The van der Waals surface area contributed by atoms with Crippen molar-refractivity contribution in [1.82, 2.24) is 15.2 Å². The first-order valence-electron chi connectivity index (χ1n) is 9.76. The Morgan fingerprint density at radius 1 is 1.28 bits per heavy atom. The summed E-state index contributed by atoms with van der Waals surface area (Å²) in [7, 11) is 0. The zero-order chi connectivity index (χ0) is 20.9. The van der Waals surface area contributed by atoms with Gasteiger partial charge in [0.25, 0.3) is 0 Å². The molecule has 0 spiro atoms. The number of carbonyl (C=O) groups excluding carboxylic acids is 2. The van der Waals surface area contributed by atoms with Gasteiger partial charge in [-0.3, -0.25) is 9.59 Å². The fourth-order valence-electron chi connectivity index (χ4n) is 3.32. The van der Waals surface area contributed by atoms with Gasteiger partial charge in [0.05, 0.1) is 17.1 Å². The molecule has 29 heavy (non-hydrogen) atoms. The zero-order valence-electron chi connectivity index (χ0n) is 16.8. The fraction of sp³-hybridized carbons (Fsp3) is 0.476. The number of carbonyl (C=O) groups is 2. The molecule has 2 amide bonds. The number of ether oxygens (including phenoxy) is 1. The van der Waals surface area contributed by atoms with Gasteiger partial charge in [0.15, 0.2) is 0 Å². The monoisotopic (exact) mass is 417 g/mol. The zero-order valence-corrected chi connectivity index (χ0v) is 17.6. The molecule has 3 rings (SSSR count). The van der Waals surface area contributed by atoms with Crippen molar-refractivity contribution in [3.05, 3.63) is 45.9 Å². The van der Waals surface area contributed by atoms with Crippen molar-refractivity contribution >= 4 is 23.2 Å². The number of hydrogen-bond donors (Lipinski definition) is 2. The Labute approximate surface area is 174 Å². The van der Waals surface area contributed by atoms with E-state index in [0.717, 1.165) is 16.3 Å². The quantitative estimate of drug-likeness (QED) is 0.753. The van der Waals surface area contributed by atoms with Crippen LogP contribution in [0.15, 0.2) is 30.3 Å². The molecule has 1 aliphatic rings. The number of aryl methyl sites for hydroxylation is 1. The highest BCUT2D eigenvalue weighted by Gasteiger charge is 2.36. The van der Waals surface area contributed by atoms with Gasteiger partial charge in [-0.2, -0.15) is 0 Å². The van der Waals surface area contributed by atoms with E-state index in [-0.39, 0.29) is 18.4 Å². The van der Waals surface area contributed by atoms with Crippen molar-refractivity contribution in [3.8, 4) is 5.75 Å². The molecule has 2 heterocycles. The van der Waals surface area contributed by atoms with Crippen molar-refractivity contribution in [3.63, 3.8) is 0 Å². The highest BCUT2D eigenvalue weighted by atomic mass is 32.1. The summed E-state index contributed by atoms with van der Waals surface area (Å²) in [5.74, 6) is 0.438. The lowest BCUT2D eigenvalue weighted by atomic mass is 9.96. The lowest BCUT2D eigenvalue weighted by Crippen LogP contribution is -2.40. The largest absolute Gasteiger partial charge is 0.488 e. The number of para-hydroxylation sites is 1. The Morgan fingerprint density at radius 3 is 2.76 bits per heavy atom. The number of nitrogens with one attached hydrogen (secondary N) is 1. The smallest absolute Gasteiger partial charge is 0.241 e. The van der Waals surface area contributed by atoms with E-state index < -0.39 is 5.60 Å². The van der Waals surface area contributed by atoms with E-state index in [1.807, 2.05) is 37.3 Å². The topological polar surface area (TPSA) is 91.8 Å². The molecule has 0 unspecified atom stereocenters. The van der Waals surface area contributed by atoms with Gasteiger partial charge in [0.1, 0.15) is 23.0 Å². The highest BCUT2D eigenvalue weighted by Crippen LogP contribution is 2.36. The van der Waals surface area contributed by atoms with Gasteiger partial charge in [0.2, 0.25) is 11.8 Å². The van der Waals surface area contributed by atoms with Crippen LogP contribution in [0.25, 0.3) is 0 Å². The maximum atomic E-state index is 12.3. The molecule has 7 nitrogen and oxygen atoms in total. The van der Waals surface area contributed by atoms with Crippen LogP contribution >= 0.6 is 11.3 Å². The standard InChI is InChI=1S/C21H27N3O4S/c1-15-18(14-28-17-7-4-3-5-8-17)29-20(23-15)21(27)9-6-11-24(12-10-21)19(26)13-22-16(2)25/h3-5,7-8,27H,6,9-14H2,1-2H3,(H,22,25)/t21-/m0/s1. The lowest BCUT2D eigenvalue weighted by molar-refractivity contribution is -0.132. The molecule has 1 saturated heterocycles. The average molecular weight is 418 g/mol. The number of thiazole rings is 1. The van der Waals surface area contributed by atoms with Gasteiger partial charge < -0.3 is 20.1 Å². The minimum absolute atomic E-state index is 0.00883. The van der Waals surface area contributed by atoms with Crippen molar-refractivity contribution in [2.45, 2.75) is 45.3 Å². The average Bonchev–Trinajstić information content (AvgIpc) is 2.96. The van der Waals surface area contributed by atoms with E-state index in [4.69, 9.17) is 4.74 Å². The number of hydrogen-bond acceptors (Lipinski definition) is 6. The second-order valence-corrected chi connectivity index (χ2v) is 8.39. The third-order valence-corrected chi connectivity index (χ3v) is 6.38. The van der Waals surface area contributed by atoms with E-state index >= 15 is 0 Å². The minimum Gasteiger partial charge on any atom is -0.488 e. The van der Waals surface area contributed by atoms with Crippen LogP contribution in [-0.4, -0.2) is 46.4 Å². The number of rotatable bonds is 6. The van der Waals surface area contributed by atoms with Crippen molar-refractivity contribution in [2.24, 2.45) is 0 Å². The molecule has 1 fully saturated rings. The summed E-state index contributed by atoms with van der Waals surface area (Å²) < 4.78 is 5.83. The molecule has 1 aromatic heterocycles. The molecule has 1 aliphatic heterocycles. The molecule has 8 heteroatoms. The number of amides is 2. The number of aliphatic hydroxyl groups is 1. The van der Waals surface area contributed by atoms with Crippen LogP contribution in [0.1, 0.15) is 41.8 Å². The third-order valence-electron chi connectivity index (χ3n) is 5.06. The molecule has 1 atom stereocenters. The molecular weight excluding hydrogens is 390 g/mol. The number of benzene rings is 1. The van der Waals surface area contributed by atoms with Crippen LogP contribution in [0.5, 0.6) is 5.75 Å². The first kappa shape index (κ1) is 21.3. The van der Waals surface area contributed by atoms with Crippen LogP contribution < -0.4 is 10.1 Å². The van der Waals surface area contributed by atoms with E-state index in [1.165, 1.54) is 18.3 Å². The lowest BCUT2D eigenvalue weighted by Gasteiger charge is -2.24. The summed E-state index contributed by atoms with van der Waals surface area (Å²) in [6.45, 7) is 4.71. The predicted molar refractivity (Wildman–Crippen MR) is 111 cm³/mol. The molecule has 0 bridgehead atoms. The fourth-order valence-corrected chi connectivity index (χ4v) is 4.44. The molecule has 0 aliphatic carbocycles. The first-order valence-corrected chi connectivity index (χ1v) is 10.6. The summed E-state index contributed by atoms with van der Waals surface area (Å²) in [4.78, 5) is 30.6. The predicted octanol–water partition coefficient (Wildman–Crippen LogP) is 2.37. The van der Waals surface area contributed by atoms with Gasteiger partial charge in [-0.25, -0.2) is 4.98 Å². The Hall–Kier alpha value is -2.45. The van der Waals surface area contributed by atoms with E-state index in [1.54, 1.807) is 4.90 Å². The second-order valence-electron chi connectivity index (χ2n) is 7.30. The molecule has 0 saturated carbocycles. The van der Waals surface area contributed by atoms with Crippen LogP contribution in [0.2, 0.25) is 0 Å². The van der Waals surface area contributed by atoms with Gasteiger partial charge in [-0.05, 0) is 31.9 Å². The van der Waals surface area contributed by atoms with Crippen LogP contribution in [0.3, 0.4) is 0 Å². The Bertz CT molecular complexity index is 855. The first-order chi connectivity index (χ1) is 13.9. The Kier molecular flexibility index (Phi) is 6.87. The summed E-state index contributed by atoms with van der Waals surface area (Å²) in [6, 6.07) is 9.60. The summed E-state index contributed by atoms with van der Waals surface area (Å²) >= 11 is 1.47. The number of aromatic nitrogens is 1. The molecule has 1 aromatic carbocycles. The van der Waals surface area contributed by atoms with Gasteiger partial charge in [-0.15, -0.1) is 11.3 Å². The van der Waals surface area contributed by atoms with E-state index in [0.29, 0.717) is 44.0 Å². The molecular formula is C21H27N3O4S. The minimum atomic E-state index is -1.05. The van der Waals surface area contributed by atoms with Crippen LogP contribution in [0, 0.1) is 6.92 Å². The summed E-state index contributed by atoms with van der Waals surface area (Å²) in [5.41, 5.74) is -0.194. The summed E-state index contributed by atoms with van der Waals surface area (Å²) in [5, 5.41) is 14.5. The SMILES string of the molecule is CC(=O)NCC(=O)N1CCC[C@@](O)(c2nc(C)c(COc3ccccc3)s2)CC1. The van der Waals surface area contributed by atoms with E-state index in [2.05, 4.69) is 10.3 Å². The van der Waals surface area contributed by atoms with Crippen LogP contribution in [0.4, 0.5) is 0 Å². The van der Waals surface area contributed by atoms with Crippen LogP contribution in [-0.2, 0) is 21.8 Å². The van der Waals surface area contributed by atoms with Gasteiger partial charge in [-0.1, -0.05) is 18.2 Å². The Morgan fingerprint density at radius 2 is 2.03 bits per heavy atom. The van der Waals surface area contributed by atoms with Gasteiger partial charge in [0, 0.05) is 26.4 Å². The molecule has 0 radical (unpaired) electrons. The number of nitrogens with zero attached hydrogens (tertiary/aromatic N) is 2. The molecule has 156 valence electrons. The number of likely N-dealkylation sites (tertiary alicyclic amines) is 1. The van der Waals surface area contributed by atoms with Crippen molar-refractivity contribution in [1.29, 1.82) is 0 Å². The van der Waals surface area contributed by atoms with E-state index in [9.17, 15) is 14.7 Å². The molecule has 2 N–H and O–H groups in total. The Balaban J connectivity index is 1.63. The van der Waals surface area contributed by atoms with Crippen molar-refractivity contribution in [2.75, 3.05) is 19.6 Å².